The molecule has 4 rings (SSSR count). The molecule has 0 bridgehead atoms. The Morgan fingerprint density at radius 3 is 2.82 bits per heavy atom. The lowest BCUT2D eigenvalue weighted by molar-refractivity contribution is -0.123. The molecule has 3 heterocycles. The number of aryl methyl sites for hydroxylation is 1. The molecule has 3 aromatic rings. The second-order valence-electron chi connectivity index (χ2n) is 7.25. The number of hydrogen-bond donors (Lipinski definition) is 1. The molecule has 1 aliphatic heterocycles. The quantitative estimate of drug-likeness (QED) is 0.708. The van der Waals surface area contributed by atoms with Gasteiger partial charge in [-0.15, -0.1) is 5.10 Å². The van der Waals surface area contributed by atoms with Crippen molar-refractivity contribution < 1.29 is 4.79 Å². The van der Waals surface area contributed by atoms with Crippen LogP contribution in [0.5, 0.6) is 0 Å². The molecule has 8 nitrogen and oxygen atoms in total. The number of rotatable bonds is 6. The summed E-state index contributed by atoms with van der Waals surface area (Å²) in [5, 5.41) is 15.9. The van der Waals surface area contributed by atoms with E-state index in [4.69, 9.17) is 0 Å². The lowest BCUT2D eigenvalue weighted by atomic mass is 10.0. The van der Waals surface area contributed by atoms with Crippen LogP contribution in [0.4, 0.5) is 5.69 Å². The summed E-state index contributed by atoms with van der Waals surface area (Å²) in [6.45, 7) is 4.09. The minimum atomic E-state index is -0.311. The van der Waals surface area contributed by atoms with Crippen molar-refractivity contribution in [1.82, 2.24) is 30.1 Å². The smallest absolute Gasteiger partial charge is 0.251 e. The van der Waals surface area contributed by atoms with Crippen molar-refractivity contribution in [3.63, 3.8) is 0 Å². The highest BCUT2D eigenvalue weighted by molar-refractivity contribution is 5.96. The molecule has 1 saturated heterocycles. The summed E-state index contributed by atoms with van der Waals surface area (Å²) in [5.74, 6) is 0.0712. The van der Waals surface area contributed by atoms with E-state index in [0.29, 0.717) is 6.54 Å². The molecule has 1 amide bonds. The van der Waals surface area contributed by atoms with Crippen molar-refractivity contribution in [1.29, 1.82) is 0 Å². The highest BCUT2D eigenvalue weighted by Gasteiger charge is 2.31. The van der Waals surface area contributed by atoms with Crippen molar-refractivity contribution >= 4 is 11.6 Å². The summed E-state index contributed by atoms with van der Waals surface area (Å²) in [4.78, 5) is 14.9. The zero-order valence-corrected chi connectivity index (χ0v) is 16.2. The van der Waals surface area contributed by atoms with Crippen LogP contribution >= 0.6 is 0 Å². The molecule has 0 radical (unpaired) electrons. The molecule has 0 saturated carbocycles. The minimum absolute atomic E-state index is 0.0712. The molecular weight excluding hydrogens is 354 g/mol. The lowest BCUT2D eigenvalue weighted by Crippen LogP contribution is -2.42. The first-order valence-electron chi connectivity index (χ1n) is 9.59. The number of nitrogens with one attached hydrogen (secondary N) is 1. The Bertz CT molecular complexity index is 944. The average molecular weight is 379 g/mol. The third kappa shape index (κ3) is 3.82. The van der Waals surface area contributed by atoms with Crippen LogP contribution in [-0.2, 0) is 17.9 Å². The maximum atomic E-state index is 13.1. The normalized spacial score (nSPS) is 17.3. The number of anilines is 1. The van der Waals surface area contributed by atoms with Crippen LogP contribution in [0.3, 0.4) is 0 Å². The second kappa shape index (κ2) is 7.93. The largest absolute Gasteiger partial charge is 0.316 e. The van der Waals surface area contributed by atoms with Gasteiger partial charge in [0.2, 0.25) is 0 Å². The van der Waals surface area contributed by atoms with Crippen LogP contribution in [0.15, 0.2) is 42.9 Å². The average Bonchev–Trinajstić information content (AvgIpc) is 3.33. The fourth-order valence-corrected chi connectivity index (χ4v) is 3.58. The zero-order valence-electron chi connectivity index (χ0n) is 16.2. The first-order valence-corrected chi connectivity index (χ1v) is 9.59. The number of nitrogens with zero attached hydrogens (tertiary/aromatic N) is 6. The van der Waals surface area contributed by atoms with Gasteiger partial charge in [-0.3, -0.25) is 9.48 Å². The van der Waals surface area contributed by atoms with E-state index < -0.39 is 0 Å². The van der Waals surface area contributed by atoms with Gasteiger partial charge in [0.15, 0.2) is 0 Å². The van der Waals surface area contributed by atoms with Gasteiger partial charge in [0.25, 0.3) is 5.91 Å². The highest BCUT2D eigenvalue weighted by Crippen LogP contribution is 2.27. The zero-order chi connectivity index (χ0) is 19.5. The van der Waals surface area contributed by atoms with Crippen LogP contribution in [0.1, 0.15) is 35.7 Å². The second-order valence-corrected chi connectivity index (χ2v) is 7.25. The van der Waals surface area contributed by atoms with E-state index in [1.54, 1.807) is 4.68 Å². The maximum Gasteiger partial charge on any atom is 0.251 e. The van der Waals surface area contributed by atoms with Gasteiger partial charge in [-0.2, -0.15) is 5.10 Å². The minimum Gasteiger partial charge on any atom is -0.316 e. The molecule has 1 aliphatic rings. The van der Waals surface area contributed by atoms with E-state index in [2.05, 4.69) is 20.7 Å². The summed E-state index contributed by atoms with van der Waals surface area (Å²) < 4.78 is 3.54. The van der Waals surface area contributed by atoms with E-state index in [1.165, 1.54) is 5.56 Å². The molecule has 1 aromatic carbocycles. The molecular formula is C20H25N7O. The summed E-state index contributed by atoms with van der Waals surface area (Å²) >= 11 is 0. The van der Waals surface area contributed by atoms with Gasteiger partial charge < -0.3 is 10.2 Å². The summed E-state index contributed by atoms with van der Waals surface area (Å²) in [6.07, 6.45) is 7.40. The number of carbonyl (C=O) groups excluding carboxylic acids is 1. The molecule has 8 heteroatoms. The topological polar surface area (TPSA) is 80.9 Å². The van der Waals surface area contributed by atoms with E-state index in [-0.39, 0.29) is 11.9 Å². The number of carbonyl (C=O) groups is 1. The van der Waals surface area contributed by atoms with Crippen LogP contribution in [-0.4, -0.2) is 44.3 Å². The molecule has 28 heavy (non-hydrogen) atoms. The van der Waals surface area contributed by atoms with Crippen LogP contribution < -0.4 is 10.2 Å². The molecule has 1 unspecified atom stereocenters. The van der Waals surface area contributed by atoms with Gasteiger partial charge in [-0.1, -0.05) is 22.9 Å². The monoisotopic (exact) mass is 379 g/mol. The Kier molecular flexibility index (Phi) is 5.21. The first-order chi connectivity index (χ1) is 13.6. The van der Waals surface area contributed by atoms with Gasteiger partial charge >= 0.3 is 0 Å². The van der Waals surface area contributed by atoms with Crippen LogP contribution in [0.2, 0.25) is 0 Å². The molecule has 146 valence electrons. The molecule has 0 aliphatic carbocycles. The van der Waals surface area contributed by atoms with Gasteiger partial charge in [0, 0.05) is 30.5 Å². The number of aromatic nitrogens is 5. The molecule has 2 aromatic heterocycles. The van der Waals surface area contributed by atoms with Crippen molar-refractivity contribution in [3.8, 4) is 0 Å². The number of hydrogen-bond acceptors (Lipinski definition) is 5. The van der Waals surface area contributed by atoms with E-state index in [9.17, 15) is 4.79 Å². The summed E-state index contributed by atoms with van der Waals surface area (Å²) in [7, 11) is 1.91. The third-order valence-electron chi connectivity index (χ3n) is 5.02. The fourth-order valence-electron chi connectivity index (χ4n) is 3.58. The number of amides is 1. The van der Waals surface area contributed by atoms with Gasteiger partial charge in [-0.05, 0) is 38.9 Å². The number of benzene rings is 1. The number of piperidine rings is 1. The van der Waals surface area contributed by atoms with Crippen molar-refractivity contribution in [2.75, 3.05) is 18.5 Å². The van der Waals surface area contributed by atoms with Crippen LogP contribution in [0, 0.1) is 6.92 Å². The Labute approximate surface area is 164 Å². The van der Waals surface area contributed by atoms with Crippen molar-refractivity contribution in [3.05, 3.63) is 59.7 Å². The van der Waals surface area contributed by atoms with Crippen molar-refractivity contribution in [2.24, 2.45) is 0 Å². The van der Waals surface area contributed by atoms with E-state index in [1.807, 2.05) is 66.4 Å². The van der Waals surface area contributed by atoms with E-state index >= 15 is 0 Å². The molecule has 1 fully saturated rings. The molecule has 0 spiro atoms. The van der Waals surface area contributed by atoms with Gasteiger partial charge in [0.05, 0.1) is 18.9 Å². The third-order valence-corrected chi connectivity index (χ3v) is 5.02. The molecule has 1 N–H and O–H groups in total. The SMILES string of the molecule is CNCc1cnn(Cc2cn(C3CCCN(c4ccc(C)cc4)C3=O)nn2)c1. The summed E-state index contributed by atoms with van der Waals surface area (Å²) in [6, 6.07) is 7.76. The first kappa shape index (κ1) is 18.4. The predicted molar refractivity (Wildman–Crippen MR) is 106 cm³/mol. The Morgan fingerprint density at radius 1 is 1.21 bits per heavy atom. The Hall–Kier alpha value is -3.00. The van der Waals surface area contributed by atoms with Crippen LogP contribution in [0.25, 0.3) is 0 Å². The Balaban J connectivity index is 1.47. The fraction of sp³-hybridized carbons (Fsp3) is 0.400. The van der Waals surface area contributed by atoms with Crippen molar-refractivity contribution in [2.45, 2.75) is 38.9 Å². The standard InChI is InChI=1S/C20H25N7O/c1-15-5-7-18(8-6-15)26-9-3-4-19(20(26)28)27-14-17(23-24-27)13-25-12-16(10-21-2)11-22-25/h5-8,11-12,14,19,21H,3-4,9-10,13H2,1-2H3. The predicted octanol–water partition coefficient (Wildman–Crippen LogP) is 1.92. The highest BCUT2D eigenvalue weighted by atomic mass is 16.2. The lowest BCUT2D eigenvalue weighted by Gasteiger charge is -2.32. The van der Waals surface area contributed by atoms with Gasteiger partial charge in [-0.25, -0.2) is 4.68 Å². The maximum absolute atomic E-state index is 13.1. The van der Waals surface area contributed by atoms with E-state index in [0.717, 1.165) is 42.9 Å². The molecule has 1 atom stereocenters. The summed E-state index contributed by atoms with van der Waals surface area (Å²) in [5.41, 5.74) is 4.03. The Morgan fingerprint density at radius 2 is 2.04 bits per heavy atom. The van der Waals surface area contributed by atoms with Gasteiger partial charge in [0.1, 0.15) is 11.7 Å².